The van der Waals surface area contributed by atoms with Crippen LogP contribution in [0.25, 0.3) is 0 Å². The summed E-state index contributed by atoms with van der Waals surface area (Å²) in [6.45, 7) is 3.63. The van der Waals surface area contributed by atoms with Crippen LogP contribution in [0.4, 0.5) is 0 Å². The Balaban J connectivity index is 1.87. The van der Waals surface area contributed by atoms with Gasteiger partial charge in [-0.25, -0.2) is 4.98 Å². The molecule has 2 aromatic rings. The van der Waals surface area contributed by atoms with E-state index in [-0.39, 0.29) is 6.04 Å². The normalized spacial score (nSPS) is 12.5. The minimum Gasteiger partial charge on any atom is -0.383 e. The van der Waals surface area contributed by atoms with Crippen LogP contribution in [0.15, 0.2) is 35.7 Å². The molecule has 4 heteroatoms. The fraction of sp³-hybridized carbons (Fsp3) is 0.400. The third-order valence-electron chi connectivity index (χ3n) is 2.93. The standard InChI is InChI=1S/C15H20N2OS/c1-12-11-19-15(17-12)8-9-16-14(10-18-2)13-6-4-3-5-7-13/h3-7,11,14,16H,8-10H2,1-2H3. The molecule has 1 aromatic heterocycles. The number of methoxy groups -OCH3 is 1. The minimum atomic E-state index is 0.243. The van der Waals surface area contributed by atoms with Crippen LogP contribution >= 0.6 is 11.3 Å². The molecule has 1 heterocycles. The number of rotatable bonds is 7. The Morgan fingerprint density at radius 3 is 2.74 bits per heavy atom. The maximum absolute atomic E-state index is 5.29. The molecule has 1 unspecified atom stereocenters. The second kappa shape index (κ2) is 7.38. The van der Waals surface area contributed by atoms with Gasteiger partial charge in [-0.15, -0.1) is 11.3 Å². The topological polar surface area (TPSA) is 34.1 Å². The zero-order valence-corrected chi connectivity index (χ0v) is 12.2. The van der Waals surface area contributed by atoms with Crippen LogP contribution in [0, 0.1) is 6.92 Å². The van der Waals surface area contributed by atoms with E-state index in [1.165, 1.54) is 10.6 Å². The number of hydrogen-bond acceptors (Lipinski definition) is 4. The van der Waals surface area contributed by atoms with Crippen molar-refractivity contribution in [3.8, 4) is 0 Å². The lowest BCUT2D eigenvalue weighted by atomic mass is 10.1. The number of aryl methyl sites for hydroxylation is 1. The molecule has 0 fully saturated rings. The van der Waals surface area contributed by atoms with Crippen LogP contribution in [0.3, 0.4) is 0 Å². The van der Waals surface area contributed by atoms with Gasteiger partial charge < -0.3 is 10.1 Å². The summed E-state index contributed by atoms with van der Waals surface area (Å²) in [4.78, 5) is 4.47. The maximum Gasteiger partial charge on any atom is 0.0940 e. The van der Waals surface area contributed by atoms with Gasteiger partial charge in [-0.05, 0) is 12.5 Å². The summed E-state index contributed by atoms with van der Waals surface area (Å²) in [5.41, 5.74) is 2.37. The Bertz CT molecular complexity index is 484. The quantitative estimate of drug-likeness (QED) is 0.844. The molecule has 1 N–H and O–H groups in total. The summed E-state index contributed by atoms with van der Waals surface area (Å²) in [7, 11) is 1.74. The number of thiazole rings is 1. The van der Waals surface area contributed by atoms with Crippen LogP contribution in [0.2, 0.25) is 0 Å². The van der Waals surface area contributed by atoms with Gasteiger partial charge in [0.05, 0.1) is 17.7 Å². The molecule has 0 aliphatic carbocycles. The molecule has 1 aromatic carbocycles. The molecule has 102 valence electrons. The van der Waals surface area contributed by atoms with Crippen molar-refractivity contribution in [3.63, 3.8) is 0 Å². The summed E-state index contributed by atoms with van der Waals surface area (Å²) in [5, 5.41) is 6.82. The molecule has 0 saturated heterocycles. The smallest absolute Gasteiger partial charge is 0.0940 e. The van der Waals surface area contributed by atoms with Gasteiger partial charge in [0, 0.05) is 31.1 Å². The van der Waals surface area contributed by atoms with Crippen LogP contribution in [-0.4, -0.2) is 25.2 Å². The van der Waals surface area contributed by atoms with Crippen molar-refractivity contribution in [2.75, 3.05) is 20.3 Å². The van der Waals surface area contributed by atoms with Crippen molar-refractivity contribution in [2.45, 2.75) is 19.4 Å². The lowest BCUT2D eigenvalue weighted by Crippen LogP contribution is -2.27. The number of nitrogens with zero attached hydrogens (tertiary/aromatic N) is 1. The van der Waals surface area contributed by atoms with E-state index in [4.69, 9.17) is 4.74 Å². The predicted molar refractivity (Wildman–Crippen MR) is 79.6 cm³/mol. The Hall–Kier alpha value is -1.23. The van der Waals surface area contributed by atoms with Gasteiger partial charge in [0.25, 0.3) is 0 Å². The molecule has 0 bridgehead atoms. The molecular weight excluding hydrogens is 256 g/mol. The lowest BCUT2D eigenvalue weighted by Gasteiger charge is -2.18. The molecular formula is C15H20N2OS. The Labute approximate surface area is 118 Å². The van der Waals surface area contributed by atoms with E-state index in [0.717, 1.165) is 18.7 Å². The fourth-order valence-electron chi connectivity index (χ4n) is 2.00. The molecule has 2 rings (SSSR count). The zero-order chi connectivity index (χ0) is 13.5. The fourth-order valence-corrected chi connectivity index (χ4v) is 2.77. The van der Waals surface area contributed by atoms with Crippen molar-refractivity contribution in [1.82, 2.24) is 10.3 Å². The number of ether oxygens (including phenoxy) is 1. The minimum absolute atomic E-state index is 0.243. The second-order valence-corrected chi connectivity index (χ2v) is 5.45. The largest absolute Gasteiger partial charge is 0.383 e. The summed E-state index contributed by atoms with van der Waals surface area (Å²) < 4.78 is 5.29. The van der Waals surface area contributed by atoms with E-state index in [2.05, 4.69) is 39.9 Å². The summed E-state index contributed by atoms with van der Waals surface area (Å²) in [6.07, 6.45) is 0.964. The Morgan fingerprint density at radius 2 is 2.11 bits per heavy atom. The van der Waals surface area contributed by atoms with E-state index in [0.29, 0.717) is 6.61 Å². The van der Waals surface area contributed by atoms with Gasteiger partial charge in [0.15, 0.2) is 0 Å². The first kappa shape index (κ1) is 14.2. The van der Waals surface area contributed by atoms with E-state index in [1.807, 2.05) is 13.0 Å². The highest BCUT2D eigenvalue weighted by atomic mass is 32.1. The molecule has 19 heavy (non-hydrogen) atoms. The molecule has 0 aliphatic heterocycles. The second-order valence-electron chi connectivity index (χ2n) is 4.51. The van der Waals surface area contributed by atoms with Gasteiger partial charge >= 0.3 is 0 Å². The molecule has 3 nitrogen and oxygen atoms in total. The zero-order valence-electron chi connectivity index (χ0n) is 11.4. The van der Waals surface area contributed by atoms with Crippen molar-refractivity contribution >= 4 is 11.3 Å². The van der Waals surface area contributed by atoms with Crippen LogP contribution in [0.5, 0.6) is 0 Å². The number of hydrogen-bond donors (Lipinski definition) is 1. The highest BCUT2D eigenvalue weighted by Gasteiger charge is 2.10. The van der Waals surface area contributed by atoms with Crippen LogP contribution < -0.4 is 5.32 Å². The number of benzene rings is 1. The highest BCUT2D eigenvalue weighted by Crippen LogP contribution is 2.13. The van der Waals surface area contributed by atoms with E-state index < -0.39 is 0 Å². The molecule has 1 atom stereocenters. The number of nitrogens with one attached hydrogen (secondary N) is 1. The molecule has 0 aliphatic rings. The lowest BCUT2D eigenvalue weighted by molar-refractivity contribution is 0.167. The van der Waals surface area contributed by atoms with Gasteiger partial charge in [-0.1, -0.05) is 30.3 Å². The summed E-state index contributed by atoms with van der Waals surface area (Å²) >= 11 is 1.73. The summed E-state index contributed by atoms with van der Waals surface area (Å²) in [5.74, 6) is 0. The van der Waals surface area contributed by atoms with Crippen molar-refractivity contribution in [1.29, 1.82) is 0 Å². The van der Waals surface area contributed by atoms with Crippen molar-refractivity contribution < 1.29 is 4.74 Å². The average Bonchev–Trinajstić information content (AvgIpc) is 2.84. The van der Waals surface area contributed by atoms with Crippen molar-refractivity contribution in [2.24, 2.45) is 0 Å². The first-order chi connectivity index (χ1) is 9.29. The van der Waals surface area contributed by atoms with Crippen LogP contribution in [0.1, 0.15) is 22.3 Å². The van der Waals surface area contributed by atoms with E-state index >= 15 is 0 Å². The molecule has 0 radical (unpaired) electrons. The van der Waals surface area contributed by atoms with Gasteiger partial charge in [-0.3, -0.25) is 0 Å². The van der Waals surface area contributed by atoms with Gasteiger partial charge in [0.1, 0.15) is 0 Å². The first-order valence-electron chi connectivity index (χ1n) is 6.48. The number of aromatic nitrogens is 1. The monoisotopic (exact) mass is 276 g/mol. The Morgan fingerprint density at radius 1 is 1.32 bits per heavy atom. The Kier molecular flexibility index (Phi) is 5.51. The van der Waals surface area contributed by atoms with Gasteiger partial charge in [0.2, 0.25) is 0 Å². The highest BCUT2D eigenvalue weighted by molar-refractivity contribution is 7.09. The first-order valence-corrected chi connectivity index (χ1v) is 7.36. The molecule has 0 saturated carbocycles. The third kappa shape index (κ3) is 4.42. The van der Waals surface area contributed by atoms with E-state index in [9.17, 15) is 0 Å². The predicted octanol–water partition coefficient (Wildman–Crippen LogP) is 2.97. The average molecular weight is 276 g/mol. The third-order valence-corrected chi connectivity index (χ3v) is 3.96. The van der Waals surface area contributed by atoms with Gasteiger partial charge in [-0.2, -0.15) is 0 Å². The van der Waals surface area contributed by atoms with Crippen molar-refractivity contribution in [3.05, 3.63) is 52.0 Å². The SMILES string of the molecule is COCC(NCCc1nc(C)cs1)c1ccccc1. The summed E-state index contributed by atoms with van der Waals surface area (Å²) in [6, 6.07) is 10.7. The maximum atomic E-state index is 5.29. The van der Waals surface area contributed by atoms with Crippen LogP contribution in [-0.2, 0) is 11.2 Å². The molecule has 0 amide bonds. The molecule has 0 spiro atoms. The van der Waals surface area contributed by atoms with E-state index in [1.54, 1.807) is 18.4 Å².